The summed E-state index contributed by atoms with van der Waals surface area (Å²) in [4.78, 5) is 27.6. The highest BCUT2D eigenvalue weighted by Crippen LogP contribution is 2.40. The molecule has 6 nitrogen and oxygen atoms in total. The van der Waals surface area contributed by atoms with Gasteiger partial charge in [0, 0.05) is 16.7 Å². The van der Waals surface area contributed by atoms with E-state index in [1.54, 1.807) is 36.1 Å². The predicted octanol–water partition coefficient (Wildman–Crippen LogP) is 4.97. The zero-order valence-corrected chi connectivity index (χ0v) is 16.5. The van der Waals surface area contributed by atoms with Gasteiger partial charge in [0.15, 0.2) is 6.23 Å². The smallest absolute Gasteiger partial charge is 0.342 e. The van der Waals surface area contributed by atoms with Gasteiger partial charge in [0.2, 0.25) is 5.91 Å². The second kappa shape index (κ2) is 6.51. The molecule has 1 N–H and O–H groups in total. The third kappa shape index (κ3) is 2.85. The van der Waals surface area contributed by atoms with Crippen LogP contribution >= 0.6 is 0 Å². The summed E-state index contributed by atoms with van der Waals surface area (Å²) in [6.07, 6.45) is 3.13. The second-order valence-electron chi connectivity index (χ2n) is 8.32. The zero-order chi connectivity index (χ0) is 20.3. The first-order chi connectivity index (χ1) is 13.9. The Labute approximate surface area is 168 Å². The van der Waals surface area contributed by atoms with Crippen molar-refractivity contribution in [3.05, 3.63) is 35.9 Å². The summed E-state index contributed by atoms with van der Waals surface area (Å²) in [6, 6.07) is 8.33. The van der Waals surface area contributed by atoms with Gasteiger partial charge >= 0.3 is 5.97 Å². The molecule has 0 radical (unpaired) electrons. The summed E-state index contributed by atoms with van der Waals surface area (Å²) in [7, 11) is 0. The summed E-state index contributed by atoms with van der Waals surface area (Å²) in [5.41, 5.74) is 2.02. The summed E-state index contributed by atoms with van der Waals surface area (Å²) in [5.74, 6) is 0.272. The van der Waals surface area contributed by atoms with E-state index < -0.39 is 12.2 Å². The normalized spacial score (nSPS) is 24.6. The first-order valence-corrected chi connectivity index (χ1v) is 10.2. The molecule has 0 spiro atoms. The standard InChI is InChI=1S/C23H23NO5/c1-12-3-5-14(6-4-12)22(26)24-13(2)28-23(27)18-11-21-17(10-19(18)24)16-9-15(25)7-8-20(16)29-21/h7-14,25H,3-6H2,1-2H3/t12-,13?,14-. The van der Waals surface area contributed by atoms with E-state index in [9.17, 15) is 14.7 Å². The molecule has 2 heterocycles. The zero-order valence-electron chi connectivity index (χ0n) is 16.5. The number of carbonyl (C=O) groups excluding carboxylic acids is 2. The van der Waals surface area contributed by atoms with Crippen LogP contribution in [0.1, 0.15) is 49.9 Å². The van der Waals surface area contributed by atoms with Crippen LogP contribution in [-0.4, -0.2) is 23.2 Å². The highest BCUT2D eigenvalue weighted by molar-refractivity contribution is 6.13. The largest absolute Gasteiger partial charge is 0.508 e. The average Bonchev–Trinajstić information content (AvgIpc) is 3.04. The molecule has 2 aliphatic rings. The Morgan fingerprint density at radius 3 is 2.52 bits per heavy atom. The first-order valence-electron chi connectivity index (χ1n) is 10.2. The number of furan rings is 1. The minimum Gasteiger partial charge on any atom is -0.508 e. The monoisotopic (exact) mass is 393 g/mol. The van der Waals surface area contributed by atoms with E-state index in [-0.39, 0.29) is 17.6 Å². The lowest BCUT2D eigenvalue weighted by Gasteiger charge is -2.37. The van der Waals surface area contributed by atoms with Crippen LogP contribution in [0.5, 0.6) is 5.75 Å². The third-order valence-corrected chi connectivity index (χ3v) is 6.29. The number of hydrogen-bond acceptors (Lipinski definition) is 5. The third-order valence-electron chi connectivity index (χ3n) is 6.29. The minimum atomic E-state index is -0.661. The summed E-state index contributed by atoms with van der Waals surface area (Å²) in [6.45, 7) is 3.95. The Morgan fingerprint density at radius 1 is 1.03 bits per heavy atom. The topological polar surface area (TPSA) is 80.0 Å². The van der Waals surface area contributed by atoms with Crippen molar-refractivity contribution in [2.75, 3.05) is 4.90 Å². The number of cyclic esters (lactones) is 1. The van der Waals surface area contributed by atoms with Gasteiger partial charge < -0.3 is 14.3 Å². The highest BCUT2D eigenvalue weighted by atomic mass is 16.6. The van der Waals surface area contributed by atoms with Crippen molar-refractivity contribution >= 4 is 39.5 Å². The molecule has 0 bridgehead atoms. The molecule has 2 aromatic carbocycles. The van der Waals surface area contributed by atoms with E-state index in [1.807, 2.05) is 6.07 Å². The summed E-state index contributed by atoms with van der Waals surface area (Å²) < 4.78 is 11.3. The molecule has 1 fully saturated rings. The van der Waals surface area contributed by atoms with Crippen LogP contribution in [-0.2, 0) is 9.53 Å². The average molecular weight is 393 g/mol. The number of carbonyl (C=O) groups is 2. The van der Waals surface area contributed by atoms with Crippen molar-refractivity contribution < 1.29 is 23.8 Å². The highest BCUT2D eigenvalue weighted by Gasteiger charge is 2.38. The van der Waals surface area contributed by atoms with E-state index in [1.165, 1.54) is 0 Å². The quantitative estimate of drug-likeness (QED) is 0.591. The molecule has 1 unspecified atom stereocenters. The summed E-state index contributed by atoms with van der Waals surface area (Å²) >= 11 is 0. The van der Waals surface area contributed by atoms with Gasteiger partial charge in [-0.25, -0.2) is 4.79 Å². The number of phenols is 1. The molecule has 6 heteroatoms. The van der Waals surface area contributed by atoms with Crippen molar-refractivity contribution in [3.8, 4) is 5.75 Å². The molecule has 1 saturated carbocycles. The molecule has 29 heavy (non-hydrogen) atoms. The van der Waals surface area contributed by atoms with Gasteiger partial charge in [-0.15, -0.1) is 0 Å². The first kappa shape index (κ1) is 18.0. The number of esters is 1. The van der Waals surface area contributed by atoms with E-state index in [0.29, 0.717) is 28.3 Å². The van der Waals surface area contributed by atoms with E-state index in [4.69, 9.17) is 9.15 Å². The molecular formula is C23H23NO5. The maximum absolute atomic E-state index is 13.4. The molecular weight excluding hydrogens is 370 g/mol. The molecule has 1 amide bonds. The van der Waals surface area contributed by atoms with E-state index in [2.05, 4.69) is 6.92 Å². The van der Waals surface area contributed by atoms with E-state index in [0.717, 1.165) is 36.5 Å². The van der Waals surface area contributed by atoms with Gasteiger partial charge in [-0.3, -0.25) is 9.69 Å². The lowest BCUT2D eigenvalue weighted by atomic mass is 9.82. The number of benzene rings is 2. The van der Waals surface area contributed by atoms with Crippen molar-refractivity contribution in [1.29, 1.82) is 0 Å². The van der Waals surface area contributed by atoms with Crippen molar-refractivity contribution in [2.45, 2.75) is 45.8 Å². The number of fused-ring (bicyclic) bond motifs is 4. The van der Waals surface area contributed by atoms with Crippen molar-refractivity contribution in [3.63, 3.8) is 0 Å². The van der Waals surface area contributed by atoms with Gasteiger partial charge in [-0.2, -0.15) is 0 Å². The number of anilines is 1. The van der Waals surface area contributed by atoms with Crippen LogP contribution in [0.3, 0.4) is 0 Å². The van der Waals surface area contributed by atoms with Crippen molar-refractivity contribution in [2.24, 2.45) is 11.8 Å². The van der Waals surface area contributed by atoms with Crippen LogP contribution in [0, 0.1) is 11.8 Å². The number of aromatic hydroxyl groups is 1. The molecule has 150 valence electrons. The Bertz CT molecular complexity index is 1140. The number of rotatable bonds is 1. The van der Waals surface area contributed by atoms with Crippen LogP contribution < -0.4 is 4.90 Å². The number of nitrogens with zero attached hydrogens (tertiary/aromatic N) is 1. The second-order valence-corrected chi connectivity index (χ2v) is 8.32. The number of amides is 1. The molecule has 1 aliphatic heterocycles. The van der Waals surface area contributed by atoms with Crippen LogP contribution in [0.25, 0.3) is 21.9 Å². The maximum Gasteiger partial charge on any atom is 0.342 e. The van der Waals surface area contributed by atoms with Crippen molar-refractivity contribution in [1.82, 2.24) is 0 Å². The minimum absolute atomic E-state index is 0.00754. The van der Waals surface area contributed by atoms with Crippen LogP contribution in [0.2, 0.25) is 0 Å². The molecule has 5 rings (SSSR count). The van der Waals surface area contributed by atoms with Gasteiger partial charge in [0.1, 0.15) is 16.9 Å². The van der Waals surface area contributed by atoms with Gasteiger partial charge in [0.05, 0.1) is 11.3 Å². The van der Waals surface area contributed by atoms with Gasteiger partial charge in [-0.05, 0) is 68.9 Å². The van der Waals surface area contributed by atoms with Crippen LogP contribution in [0.15, 0.2) is 34.7 Å². The fraction of sp³-hybridized carbons (Fsp3) is 0.391. The molecule has 1 aromatic heterocycles. The Morgan fingerprint density at radius 2 is 1.76 bits per heavy atom. The lowest BCUT2D eigenvalue weighted by Crippen LogP contribution is -2.48. The SMILES string of the molecule is CC1OC(=O)c2cc3oc4ccc(O)cc4c3cc2N1C(=O)[C@H]1CC[C@H](C)CC1. The van der Waals surface area contributed by atoms with Gasteiger partial charge in [0.25, 0.3) is 0 Å². The number of phenolic OH excluding ortho intramolecular Hbond substituents is 1. The van der Waals surface area contributed by atoms with Crippen LogP contribution in [0.4, 0.5) is 5.69 Å². The molecule has 3 aromatic rings. The molecule has 1 atom stereocenters. The lowest BCUT2D eigenvalue weighted by molar-refractivity contribution is -0.125. The van der Waals surface area contributed by atoms with E-state index >= 15 is 0 Å². The predicted molar refractivity (Wildman–Crippen MR) is 109 cm³/mol. The molecule has 0 saturated heterocycles. The number of ether oxygens (including phenoxy) is 1. The fourth-order valence-corrected chi connectivity index (χ4v) is 4.63. The Hall–Kier alpha value is -3.02. The van der Waals surface area contributed by atoms with Gasteiger partial charge in [-0.1, -0.05) is 6.92 Å². The maximum atomic E-state index is 13.4. The number of hydrogen-bond donors (Lipinski definition) is 1. The summed E-state index contributed by atoms with van der Waals surface area (Å²) in [5, 5.41) is 11.4. The Balaban J connectivity index is 1.65. The molecule has 1 aliphatic carbocycles. The Kier molecular flexibility index (Phi) is 4.05. The fourth-order valence-electron chi connectivity index (χ4n) is 4.63.